The number of allylic oxidation sites excluding steroid dienone is 2. The smallest absolute Gasteiger partial charge is 0.330 e. The molecule has 0 saturated carbocycles. The van der Waals surface area contributed by atoms with Crippen LogP contribution in [0.2, 0.25) is 0 Å². The number of benzene rings is 1. The van der Waals surface area contributed by atoms with Crippen LogP contribution in [0.1, 0.15) is 32.3 Å². The summed E-state index contributed by atoms with van der Waals surface area (Å²) in [6.45, 7) is 4.93. The minimum Gasteiger partial charge on any atom is -0.493 e. The van der Waals surface area contributed by atoms with E-state index < -0.39 is 0 Å². The lowest BCUT2D eigenvalue weighted by Crippen LogP contribution is -2.01. The molecule has 0 N–H and O–H groups in total. The Morgan fingerprint density at radius 3 is 2.46 bits per heavy atom. The van der Waals surface area contributed by atoms with Gasteiger partial charge < -0.3 is 18.9 Å². The fourth-order valence-corrected chi connectivity index (χ4v) is 1.97. The second-order valence-corrected chi connectivity index (χ2v) is 4.93. The van der Waals surface area contributed by atoms with E-state index in [1.165, 1.54) is 6.08 Å². The Balaban J connectivity index is 2.79. The van der Waals surface area contributed by atoms with E-state index in [4.69, 9.17) is 18.9 Å². The zero-order valence-electron chi connectivity index (χ0n) is 14.8. The van der Waals surface area contributed by atoms with Gasteiger partial charge in [-0.05, 0) is 31.0 Å². The Morgan fingerprint density at radius 2 is 1.83 bits per heavy atom. The normalized spacial score (nSPS) is 11.0. The molecule has 0 aliphatic heterocycles. The number of carbonyl (C=O) groups is 1. The van der Waals surface area contributed by atoms with Gasteiger partial charge in [-0.2, -0.15) is 0 Å². The van der Waals surface area contributed by atoms with Crippen molar-refractivity contribution >= 4 is 12.0 Å². The predicted molar refractivity (Wildman–Crippen MR) is 94.8 cm³/mol. The monoisotopic (exact) mass is 334 g/mol. The third-order valence-corrected chi connectivity index (χ3v) is 3.14. The molecule has 0 heterocycles. The number of methoxy groups -OCH3 is 2. The van der Waals surface area contributed by atoms with Gasteiger partial charge in [0.2, 0.25) is 5.75 Å². The fourth-order valence-electron chi connectivity index (χ4n) is 1.97. The molecule has 1 aromatic rings. The first kappa shape index (κ1) is 19.6. The molecular formula is C19H26O5. The molecule has 0 fully saturated rings. The Labute approximate surface area is 143 Å². The molecule has 0 spiro atoms. The summed E-state index contributed by atoms with van der Waals surface area (Å²) in [7, 11) is 3.15. The van der Waals surface area contributed by atoms with E-state index in [2.05, 4.69) is 0 Å². The highest BCUT2D eigenvalue weighted by Gasteiger charge is 2.12. The molecule has 0 amide bonds. The topological polar surface area (TPSA) is 54.0 Å². The molecule has 1 aromatic carbocycles. The minimum absolute atomic E-state index is 0.338. The molecular weight excluding hydrogens is 308 g/mol. The number of hydrogen-bond donors (Lipinski definition) is 0. The maximum Gasteiger partial charge on any atom is 0.330 e. The molecule has 0 aromatic heterocycles. The lowest BCUT2D eigenvalue weighted by atomic mass is 10.1. The van der Waals surface area contributed by atoms with Gasteiger partial charge in [0.1, 0.15) is 0 Å². The van der Waals surface area contributed by atoms with Gasteiger partial charge in [-0.25, -0.2) is 4.79 Å². The summed E-state index contributed by atoms with van der Waals surface area (Å²) in [5.74, 6) is 1.43. The van der Waals surface area contributed by atoms with Gasteiger partial charge in [-0.15, -0.1) is 0 Å². The van der Waals surface area contributed by atoms with Crippen molar-refractivity contribution in [3.63, 3.8) is 0 Å². The predicted octanol–water partition coefficient (Wildman–Crippen LogP) is 4.02. The minimum atomic E-state index is -0.338. The molecule has 5 nitrogen and oxygen atoms in total. The van der Waals surface area contributed by atoms with Gasteiger partial charge in [0, 0.05) is 6.08 Å². The molecule has 0 bridgehead atoms. The Bertz CT molecular complexity index is 575. The van der Waals surface area contributed by atoms with Crippen LogP contribution in [0, 0.1) is 0 Å². The van der Waals surface area contributed by atoms with Crippen LogP contribution in [-0.4, -0.2) is 33.4 Å². The maximum atomic E-state index is 11.5. The Morgan fingerprint density at radius 1 is 1.08 bits per heavy atom. The van der Waals surface area contributed by atoms with E-state index in [0.29, 0.717) is 30.5 Å². The van der Waals surface area contributed by atoms with Crippen molar-refractivity contribution in [2.45, 2.75) is 26.7 Å². The van der Waals surface area contributed by atoms with E-state index in [9.17, 15) is 4.79 Å². The summed E-state index contributed by atoms with van der Waals surface area (Å²) in [6.07, 6.45) is 8.53. The highest BCUT2D eigenvalue weighted by Crippen LogP contribution is 2.38. The third kappa shape index (κ3) is 6.36. The standard InChI is InChI=1S/C19H26O5/c1-5-7-12-24-18(20)11-9-8-10-15-13-16(21-3)19(22-4)17(14-15)23-6-2/h8-11,13-14H,5-7,12H2,1-4H3/b10-8+,11-9+. The first-order valence-corrected chi connectivity index (χ1v) is 8.06. The van der Waals surface area contributed by atoms with Crippen molar-refractivity contribution in [1.29, 1.82) is 0 Å². The molecule has 132 valence electrons. The first-order chi connectivity index (χ1) is 11.7. The van der Waals surface area contributed by atoms with Crippen LogP contribution in [0.15, 0.2) is 30.4 Å². The molecule has 0 aliphatic carbocycles. The zero-order chi connectivity index (χ0) is 17.8. The second kappa shape index (κ2) is 11.2. The first-order valence-electron chi connectivity index (χ1n) is 8.06. The largest absolute Gasteiger partial charge is 0.493 e. The maximum absolute atomic E-state index is 11.5. The molecule has 0 atom stereocenters. The molecule has 0 unspecified atom stereocenters. The molecule has 1 rings (SSSR count). The SMILES string of the molecule is CCCCOC(=O)/C=C/C=C/c1cc(OC)c(OC)c(OCC)c1. The van der Waals surface area contributed by atoms with Crippen molar-refractivity contribution in [1.82, 2.24) is 0 Å². The zero-order valence-corrected chi connectivity index (χ0v) is 14.8. The van der Waals surface area contributed by atoms with Crippen molar-refractivity contribution < 1.29 is 23.7 Å². The molecule has 0 saturated heterocycles. The lowest BCUT2D eigenvalue weighted by molar-refractivity contribution is -0.137. The van der Waals surface area contributed by atoms with Crippen LogP contribution in [0.5, 0.6) is 17.2 Å². The number of rotatable bonds is 10. The Hall–Kier alpha value is -2.43. The molecule has 0 radical (unpaired) electrons. The van der Waals surface area contributed by atoms with Gasteiger partial charge in [0.05, 0.1) is 27.4 Å². The van der Waals surface area contributed by atoms with Crippen molar-refractivity contribution in [2.75, 3.05) is 27.4 Å². The van der Waals surface area contributed by atoms with Crippen LogP contribution in [0.4, 0.5) is 0 Å². The van der Waals surface area contributed by atoms with Crippen LogP contribution in [0.3, 0.4) is 0 Å². The fraction of sp³-hybridized carbons (Fsp3) is 0.421. The highest BCUT2D eigenvalue weighted by molar-refractivity contribution is 5.82. The third-order valence-electron chi connectivity index (χ3n) is 3.14. The van der Waals surface area contributed by atoms with Crippen LogP contribution >= 0.6 is 0 Å². The summed E-state index contributed by atoms with van der Waals surface area (Å²) in [4.78, 5) is 11.5. The number of ether oxygens (including phenoxy) is 4. The van der Waals surface area contributed by atoms with Crippen LogP contribution < -0.4 is 14.2 Å². The lowest BCUT2D eigenvalue weighted by Gasteiger charge is -2.14. The summed E-state index contributed by atoms with van der Waals surface area (Å²) >= 11 is 0. The van der Waals surface area contributed by atoms with E-state index in [1.807, 2.05) is 32.1 Å². The van der Waals surface area contributed by atoms with Crippen molar-refractivity contribution in [3.05, 3.63) is 35.9 Å². The van der Waals surface area contributed by atoms with Gasteiger partial charge in [0.15, 0.2) is 11.5 Å². The molecule has 24 heavy (non-hydrogen) atoms. The summed E-state index contributed by atoms with van der Waals surface area (Å²) < 4.78 is 21.3. The highest BCUT2D eigenvalue weighted by atomic mass is 16.5. The van der Waals surface area contributed by atoms with Crippen molar-refractivity contribution in [3.8, 4) is 17.2 Å². The van der Waals surface area contributed by atoms with E-state index in [-0.39, 0.29) is 5.97 Å². The number of esters is 1. The molecule has 0 aliphatic rings. The summed E-state index contributed by atoms with van der Waals surface area (Å²) in [5, 5.41) is 0. The Kier molecular flexibility index (Phi) is 9.12. The van der Waals surface area contributed by atoms with Gasteiger partial charge in [-0.3, -0.25) is 0 Å². The second-order valence-electron chi connectivity index (χ2n) is 4.93. The summed E-state index contributed by atoms with van der Waals surface area (Å²) in [5.41, 5.74) is 0.875. The average Bonchev–Trinajstić information content (AvgIpc) is 2.58. The van der Waals surface area contributed by atoms with E-state index in [0.717, 1.165) is 18.4 Å². The van der Waals surface area contributed by atoms with Crippen LogP contribution in [0.25, 0.3) is 6.08 Å². The summed E-state index contributed by atoms with van der Waals surface area (Å²) in [6, 6.07) is 3.69. The number of carbonyl (C=O) groups excluding carboxylic acids is 1. The van der Waals surface area contributed by atoms with E-state index in [1.54, 1.807) is 26.4 Å². The van der Waals surface area contributed by atoms with Gasteiger partial charge in [0.25, 0.3) is 0 Å². The average molecular weight is 334 g/mol. The van der Waals surface area contributed by atoms with Gasteiger partial charge in [-0.1, -0.05) is 31.6 Å². The van der Waals surface area contributed by atoms with E-state index >= 15 is 0 Å². The van der Waals surface area contributed by atoms with Gasteiger partial charge >= 0.3 is 5.97 Å². The number of hydrogen-bond acceptors (Lipinski definition) is 5. The number of unbranched alkanes of at least 4 members (excludes halogenated alkanes) is 1. The molecule has 5 heteroatoms. The quantitative estimate of drug-likeness (QED) is 0.280. The van der Waals surface area contributed by atoms with Crippen molar-refractivity contribution in [2.24, 2.45) is 0 Å². The van der Waals surface area contributed by atoms with Crippen LogP contribution in [-0.2, 0) is 9.53 Å².